The van der Waals surface area contributed by atoms with Gasteiger partial charge in [-0.25, -0.2) is 0 Å². The monoisotopic (exact) mass is 306 g/mol. The SMILES string of the molecule is CC(C)[C@H]1[C@@H](O)[C@@]23CC[C@H]4[C@](C)(CO)CCC[C@]4(C)[C@@H]2C[C@H]13. The van der Waals surface area contributed by atoms with E-state index in [2.05, 4.69) is 27.7 Å². The molecule has 4 fully saturated rings. The molecule has 0 radical (unpaired) electrons. The first-order chi connectivity index (χ1) is 10.3. The van der Waals surface area contributed by atoms with Crippen LogP contribution in [0.5, 0.6) is 0 Å². The Morgan fingerprint density at radius 2 is 1.82 bits per heavy atom. The largest absolute Gasteiger partial charge is 0.396 e. The summed E-state index contributed by atoms with van der Waals surface area (Å²) in [6.45, 7) is 9.72. The molecule has 2 N–H and O–H groups in total. The van der Waals surface area contributed by atoms with Gasteiger partial charge in [-0.05, 0) is 72.5 Å². The second kappa shape index (κ2) is 4.51. The van der Waals surface area contributed by atoms with Gasteiger partial charge in [-0.3, -0.25) is 0 Å². The minimum atomic E-state index is -0.0589. The lowest BCUT2D eigenvalue weighted by atomic mass is 9.26. The minimum absolute atomic E-state index is 0.0589. The Bertz CT molecular complexity index is 466. The maximum atomic E-state index is 11.0. The Kier molecular flexibility index (Phi) is 3.16. The van der Waals surface area contributed by atoms with Gasteiger partial charge in [-0.15, -0.1) is 0 Å². The summed E-state index contributed by atoms with van der Waals surface area (Å²) < 4.78 is 0. The number of rotatable bonds is 2. The van der Waals surface area contributed by atoms with Gasteiger partial charge in [-0.1, -0.05) is 34.1 Å². The minimum Gasteiger partial charge on any atom is -0.396 e. The molecule has 0 saturated heterocycles. The average Bonchev–Trinajstić information content (AvgIpc) is 2.45. The van der Waals surface area contributed by atoms with Crippen LogP contribution in [0.25, 0.3) is 0 Å². The maximum Gasteiger partial charge on any atom is 0.0635 e. The van der Waals surface area contributed by atoms with Gasteiger partial charge in [0.05, 0.1) is 6.10 Å². The second-order valence-electron chi connectivity index (χ2n) is 10.0. The summed E-state index contributed by atoms with van der Waals surface area (Å²) in [7, 11) is 0. The van der Waals surface area contributed by atoms with Crippen LogP contribution in [0.15, 0.2) is 0 Å². The van der Waals surface area contributed by atoms with Crippen molar-refractivity contribution in [2.45, 2.75) is 72.3 Å². The van der Waals surface area contributed by atoms with Crippen LogP contribution in [-0.4, -0.2) is 22.9 Å². The molecule has 0 amide bonds. The molecular weight excluding hydrogens is 272 g/mol. The topological polar surface area (TPSA) is 40.5 Å². The van der Waals surface area contributed by atoms with Crippen molar-refractivity contribution in [3.8, 4) is 0 Å². The van der Waals surface area contributed by atoms with E-state index in [9.17, 15) is 10.2 Å². The van der Waals surface area contributed by atoms with Crippen LogP contribution < -0.4 is 0 Å². The van der Waals surface area contributed by atoms with Gasteiger partial charge in [0.25, 0.3) is 0 Å². The lowest BCUT2D eigenvalue weighted by Crippen LogP contribution is -2.78. The van der Waals surface area contributed by atoms with E-state index in [1.807, 2.05) is 0 Å². The summed E-state index contributed by atoms with van der Waals surface area (Å²) >= 11 is 0. The van der Waals surface area contributed by atoms with Crippen LogP contribution in [0.3, 0.4) is 0 Å². The van der Waals surface area contributed by atoms with E-state index in [0.717, 1.165) is 5.92 Å². The number of hydrogen-bond donors (Lipinski definition) is 2. The molecule has 0 bridgehead atoms. The summed E-state index contributed by atoms with van der Waals surface area (Å²) in [5.74, 6) is 3.31. The van der Waals surface area contributed by atoms with Crippen molar-refractivity contribution in [2.75, 3.05) is 6.61 Å². The lowest BCUT2D eigenvalue weighted by Gasteiger charge is -2.79. The highest BCUT2D eigenvalue weighted by atomic mass is 16.3. The highest BCUT2D eigenvalue weighted by molar-refractivity contribution is 5.25. The molecule has 2 heteroatoms. The smallest absolute Gasteiger partial charge is 0.0635 e. The Hall–Kier alpha value is -0.0800. The Morgan fingerprint density at radius 3 is 2.41 bits per heavy atom. The van der Waals surface area contributed by atoms with Crippen LogP contribution in [0.2, 0.25) is 0 Å². The first kappa shape index (κ1) is 15.4. The fourth-order valence-electron chi connectivity index (χ4n) is 8.11. The van der Waals surface area contributed by atoms with Crippen molar-refractivity contribution in [3.05, 3.63) is 0 Å². The highest BCUT2D eigenvalue weighted by Gasteiger charge is 2.77. The molecule has 8 atom stereocenters. The van der Waals surface area contributed by atoms with Gasteiger partial charge >= 0.3 is 0 Å². The quantitative estimate of drug-likeness (QED) is 0.813. The Labute approximate surface area is 135 Å². The zero-order valence-corrected chi connectivity index (χ0v) is 14.8. The molecule has 4 aliphatic rings. The highest BCUT2D eigenvalue weighted by Crippen LogP contribution is 2.80. The Balaban J connectivity index is 1.65. The first-order valence-corrected chi connectivity index (χ1v) is 9.60. The van der Waals surface area contributed by atoms with Crippen molar-refractivity contribution < 1.29 is 10.2 Å². The van der Waals surface area contributed by atoms with Crippen LogP contribution in [0, 0.1) is 45.8 Å². The summed E-state index contributed by atoms with van der Waals surface area (Å²) in [5, 5.41) is 21.0. The average molecular weight is 306 g/mol. The molecule has 0 unspecified atom stereocenters. The fraction of sp³-hybridized carbons (Fsp3) is 1.00. The van der Waals surface area contributed by atoms with E-state index in [0.29, 0.717) is 35.7 Å². The van der Waals surface area contributed by atoms with Crippen molar-refractivity contribution in [2.24, 2.45) is 45.8 Å². The predicted molar refractivity (Wildman–Crippen MR) is 88.2 cm³/mol. The molecule has 1 spiro atoms. The molecule has 4 saturated carbocycles. The van der Waals surface area contributed by atoms with E-state index in [-0.39, 0.29) is 16.9 Å². The third-order valence-corrected chi connectivity index (χ3v) is 9.10. The molecule has 126 valence electrons. The zero-order chi connectivity index (χ0) is 15.9. The molecule has 4 rings (SSSR count). The lowest BCUT2D eigenvalue weighted by molar-refractivity contribution is -0.349. The van der Waals surface area contributed by atoms with Crippen molar-refractivity contribution >= 4 is 0 Å². The molecule has 0 aromatic carbocycles. The summed E-state index contributed by atoms with van der Waals surface area (Å²) in [5.41, 5.74) is 0.729. The van der Waals surface area contributed by atoms with Crippen LogP contribution >= 0.6 is 0 Å². The molecule has 22 heavy (non-hydrogen) atoms. The summed E-state index contributed by atoms with van der Waals surface area (Å²) in [4.78, 5) is 0. The summed E-state index contributed by atoms with van der Waals surface area (Å²) in [6, 6.07) is 0. The maximum absolute atomic E-state index is 11.0. The molecule has 0 heterocycles. The number of aliphatic hydroxyl groups is 2. The van der Waals surface area contributed by atoms with E-state index >= 15 is 0 Å². The van der Waals surface area contributed by atoms with Crippen LogP contribution in [0.4, 0.5) is 0 Å². The number of aliphatic hydroxyl groups excluding tert-OH is 2. The van der Waals surface area contributed by atoms with Gasteiger partial charge in [0.15, 0.2) is 0 Å². The van der Waals surface area contributed by atoms with Gasteiger partial charge < -0.3 is 10.2 Å². The van der Waals surface area contributed by atoms with Crippen LogP contribution in [0.1, 0.15) is 66.2 Å². The zero-order valence-electron chi connectivity index (χ0n) is 14.8. The Morgan fingerprint density at radius 1 is 1.09 bits per heavy atom. The molecule has 4 aliphatic carbocycles. The third kappa shape index (κ3) is 1.50. The van der Waals surface area contributed by atoms with E-state index in [1.165, 1.54) is 38.5 Å². The molecule has 0 aromatic rings. The first-order valence-electron chi connectivity index (χ1n) is 9.60. The van der Waals surface area contributed by atoms with Crippen LogP contribution in [-0.2, 0) is 0 Å². The number of hydrogen-bond acceptors (Lipinski definition) is 2. The van der Waals surface area contributed by atoms with Gasteiger partial charge in [0.2, 0.25) is 0 Å². The predicted octanol–water partition coefficient (Wildman–Crippen LogP) is 3.85. The molecule has 0 aromatic heterocycles. The normalized spacial score (nSPS) is 59.9. The molecular formula is C20H34O2. The van der Waals surface area contributed by atoms with Crippen molar-refractivity contribution in [1.29, 1.82) is 0 Å². The molecule has 2 nitrogen and oxygen atoms in total. The van der Waals surface area contributed by atoms with E-state index in [4.69, 9.17) is 0 Å². The molecule has 0 aliphatic heterocycles. The fourth-order valence-corrected chi connectivity index (χ4v) is 8.11. The van der Waals surface area contributed by atoms with Crippen molar-refractivity contribution in [3.63, 3.8) is 0 Å². The standard InChI is InChI=1S/C20H34O2/c1-12(2)16-13-10-15-19(4)8-5-7-18(3,11-21)14(19)6-9-20(13,15)17(16)22/h12-17,21-22H,5-11H2,1-4H3/t13-,14+,15+,16-,17-,18+,19+,20-/m1/s1. The number of fused-ring (bicyclic) bond motifs is 2. The van der Waals surface area contributed by atoms with Gasteiger partial charge in [-0.2, -0.15) is 0 Å². The van der Waals surface area contributed by atoms with Gasteiger partial charge in [0.1, 0.15) is 0 Å². The van der Waals surface area contributed by atoms with E-state index < -0.39 is 0 Å². The second-order valence-corrected chi connectivity index (χ2v) is 10.0. The summed E-state index contributed by atoms with van der Waals surface area (Å²) in [6.07, 6.45) is 7.47. The third-order valence-electron chi connectivity index (χ3n) is 9.10. The van der Waals surface area contributed by atoms with Crippen molar-refractivity contribution in [1.82, 2.24) is 0 Å². The van der Waals surface area contributed by atoms with Gasteiger partial charge in [0, 0.05) is 12.0 Å². The van der Waals surface area contributed by atoms with E-state index in [1.54, 1.807) is 0 Å².